The molecule has 20 aromatic rings. The summed E-state index contributed by atoms with van der Waals surface area (Å²) in [4.78, 5) is 0. The van der Waals surface area contributed by atoms with E-state index < -0.39 is 23.7 Å². The maximum atomic E-state index is 6.79. The lowest BCUT2D eigenvalue weighted by atomic mass is 9.70. The maximum Gasteiger partial charge on any atom is 0.495 e. The zero-order valence-corrected chi connectivity index (χ0v) is 64.0. The lowest BCUT2D eigenvalue weighted by molar-refractivity contribution is 0.00578. The predicted molar refractivity (Wildman–Crippen MR) is 467 cm³/mol. The molecule has 2 spiro atoms. The third-order valence-corrected chi connectivity index (χ3v) is 26.0. The summed E-state index contributed by atoms with van der Waals surface area (Å²) in [6.45, 7) is 8.39. The Kier molecular flexibility index (Phi) is 14.7. The first kappa shape index (κ1) is 67.0. The molecular weight excluding hydrogens is 1450 g/mol. The molecule has 1 saturated heterocycles. The van der Waals surface area contributed by atoms with Gasteiger partial charge < -0.3 is 27.3 Å². The first-order valence-electron chi connectivity index (χ1n) is 38.7. The minimum atomic E-state index is -0.468. The van der Waals surface area contributed by atoms with Gasteiger partial charge in [0.2, 0.25) is 0 Å². The Labute approximate surface area is 661 Å². The molecule has 0 atom stereocenters. The van der Waals surface area contributed by atoms with Crippen LogP contribution in [-0.2, 0) is 20.1 Å². The topological polar surface area (TPSA) is 54.6 Å². The molecule has 113 heavy (non-hydrogen) atoms. The molecule has 9 heteroatoms. The molecule has 538 valence electrons. The molecule has 0 bridgehead atoms. The number of nitrogens with zero attached hydrogens (tertiary/aromatic N) is 2. The van der Waals surface area contributed by atoms with E-state index in [1.807, 2.05) is 6.07 Å². The number of halogens is 2. The smallest absolute Gasteiger partial charge is 0.456 e. The molecule has 5 aliphatic rings. The largest absolute Gasteiger partial charge is 0.495 e. The summed E-state index contributed by atoms with van der Waals surface area (Å²) in [7, 11) is -0.468. The van der Waals surface area contributed by atoms with Crippen LogP contribution in [-0.4, -0.2) is 27.5 Å². The Morgan fingerprint density at radius 3 is 0.965 bits per heavy atom. The van der Waals surface area contributed by atoms with Crippen molar-refractivity contribution in [3.63, 3.8) is 0 Å². The number of rotatable bonds is 4. The highest BCUT2D eigenvalue weighted by Gasteiger charge is 2.55. The van der Waals surface area contributed by atoms with E-state index in [1.165, 1.54) is 149 Å². The summed E-state index contributed by atoms with van der Waals surface area (Å²) in [6, 6.07) is 128. The third-order valence-electron chi connectivity index (χ3n) is 25.4. The number of para-hydroxylation sites is 4. The van der Waals surface area contributed by atoms with Crippen molar-refractivity contribution in [1.29, 1.82) is 0 Å². The van der Waals surface area contributed by atoms with E-state index in [9.17, 15) is 0 Å². The Morgan fingerprint density at radius 2 is 0.575 bits per heavy atom. The quantitative estimate of drug-likeness (QED) is 0.165. The Hall–Kier alpha value is -12.9. The van der Waals surface area contributed by atoms with Crippen LogP contribution in [0.15, 0.2) is 365 Å². The van der Waals surface area contributed by atoms with Crippen molar-refractivity contribution in [3.05, 3.63) is 401 Å². The summed E-state index contributed by atoms with van der Waals surface area (Å²) in [5.41, 5.74) is 33.5. The maximum absolute atomic E-state index is 6.79. The van der Waals surface area contributed by atoms with E-state index in [4.69, 9.17) is 18.1 Å². The normalized spacial score (nSPS) is 14.9. The van der Waals surface area contributed by atoms with E-state index >= 15 is 0 Å². The van der Waals surface area contributed by atoms with Crippen molar-refractivity contribution in [3.8, 4) is 67.0 Å². The number of furan rings is 2. The fourth-order valence-corrected chi connectivity index (χ4v) is 20.3. The molecule has 16 aromatic carbocycles. The number of aromatic nitrogens is 2. The van der Waals surface area contributed by atoms with Crippen LogP contribution in [0.5, 0.6) is 0 Å². The van der Waals surface area contributed by atoms with Gasteiger partial charge in [0.05, 0.1) is 44.1 Å². The lowest BCUT2D eigenvalue weighted by Crippen LogP contribution is -2.41. The zero-order chi connectivity index (χ0) is 74.5. The van der Waals surface area contributed by atoms with Crippen molar-refractivity contribution < 1.29 is 22.8 Å². The third kappa shape index (κ3) is 9.35. The van der Waals surface area contributed by atoms with Gasteiger partial charge in [-0.05, 0) is 230 Å². The number of hydrogen-bond donors (Lipinski definition) is 0. The van der Waals surface area contributed by atoms with E-state index in [0.717, 1.165) is 59.5 Å². The van der Waals surface area contributed by atoms with E-state index in [-0.39, 0.29) is 10.1 Å². The van der Waals surface area contributed by atoms with E-state index in [2.05, 4.69) is 399 Å². The molecule has 25 rings (SSSR count). The number of hydrogen-bond acceptors (Lipinski definition) is 4. The number of benzene rings is 16. The zero-order valence-electron chi connectivity index (χ0n) is 62.4. The molecular formula is C104H71BBrFN2O4. The number of fused-ring (bicyclic) bond motifs is 32. The highest BCUT2D eigenvalue weighted by Crippen LogP contribution is 2.66. The van der Waals surface area contributed by atoms with Crippen LogP contribution in [0.4, 0.5) is 4.70 Å². The monoisotopic (exact) mass is 1520 g/mol. The Bertz CT molecular complexity index is 7170. The minimum Gasteiger partial charge on any atom is -0.456 e. The van der Waals surface area contributed by atoms with Crippen LogP contribution in [0.2, 0.25) is 0 Å². The van der Waals surface area contributed by atoms with Gasteiger partial charge in [-0.25, -0.2) is 0 Å². The van der Waals surface area contributed by atoms with E-state index in [1.54, 1.807) is 0 Å². The fraction of sp³-hybridized carbons (Fsp3) is 0.0769. The van der Waals surface area contributed by atoms with Crippen molar-refractivity contribution in [2.45, 2.75) is 49.7 Å². The highest BCUT2D eigenvalue weighted by molar-refractivity contribution is 9.10. The second kappa shape index (κ2) is 24.8. The van der Waals surface area contributed by atoms with Crippen molar-refractivity contribution in [1.82, 2.24) is 9.13 Å². The lowest BCUT2D eigenvalue weighted by Gasteiger charge is -2.32. The fourth-order valence-electron chi connectivity index (χ4n) is 20.0. The van der Waals surface area contributed by atoms with Gasteiger partial charge >= 0.3 is 7.12 Å². The van der Waals surface area contributed by atoms with Gasteiger partial charge in [-0.15, -0.1) is 0 Å². The van der Waals surface area contributed by atoms with Gasteiger partial charge in [-0.2, -0.15) is 0 Å². The molecule has 1 fully saturated rings. The predicted octanol–water partition coefficient (Wildman–Crippen LogP) is 26.6. The molecule has 0 N–H and O–H groups in total. The summed E-state index contributed by atoms with van der Waals surface area (Å²) in [5, 5.41) is 9.60. The van der Waals surface area contributed by atoms with Gasteiger partial charge in [0.25, 0.3) is 0 Å². The minimum absolute atomic E-state index is 0. The molecule has 0 unspecified atom stereocenters. The first-order valence-corrected chi connectivity index (χ1v) is 39.5. The van der Waals surface area contributed by atoms with Gasteiger partial charge in [-0.1, -0.05) is 271 Å². The van der Waals surface area contributed by atoms with Crippen LogP contribution in [0.3, 0.4) is 0 Å². The summed E-state index contributed by atoms with van der Waals surface area (Å²) in [5.74, 6) is 0. The second-order valence-electron chi connectivity index (χ2n) is 31.5. The van der Waals surface area contributed by atoms with Crippen LogP contribution < -0.4 is 5.46 Å². The molecule has 1 aliphatic heterocycles. The first-order chi connectivity index (χ1) is 55.0. The van der Waals surface area contributed by atoms with Crippen LogP contribution in [0.1, 0.15) is 72.2 Å². The van der Waals surface area contributed by atoms with Crippen LogP contribution in [0, 0.1) is 0 Å². The highest BCUT2D eigenvalue weighted by atomic mass is 79.9. The van der Waals surface area contributed by atoms with Gasteiger partial charge in [0, 0.05) is 58.9 Å². The molecule has 4 aromatic heterocycles. The van der Waals surface area contributed by atoms with Gasteiger partial charge in [0.1, 0.15) is 22.3 Å². The summed E-state index contributed by atoms with van der Waals surface area (Å²) >= 11 is 3.50. The Balaban J connectivity index is 0.000000112. The molecule has 0 radical (unpaired) electrons. The van der Waals surface area contributed by atoms with Crippen molar-refractivity contribution in [2.75, 3.05) is 0 Å². The van der Waals surface area contributed by atoms with Gasteiger partial charge in [0.15, 0.2) is 0 Å². The molecule has 6 nitrogen and oxygen atoms in total. The van der Waals surface area contributed by atoms with Crippen molar-refractivity contribution >= 4 is 116 Å². The van der Waals surface area contributed by atoms with E-state index in [0.29, 0.717) is 0 Å². The standard InChI is InChI=1S/C49H29NO.C37H29BO3.C18H12BrN.FH/c1-6-18-40-33(12-1)34-13-2-7-19-41(34)49(40)42-20-8-3-14-35(42)38-28-39-47(29-43(38)49)51-46-23-11-17-32(48(39)46)30-24-26-31(27-25-30)50-44-21-9-4-15-36(44)37-16-5-10-22-45(37)50;1-35(2)36(3,4)41-38(40-35)31-18-11-19-32-34(31)26-20-25-24-14-7-10-17-29(24)37(30(25)21-33(26)39-32)27-15-8-5-12-22(27)23-13-6-9-16-28(23)37;19-13-9-11-14(12-10-13)20-17-7-3-1-5-15(17)16-6-2-4-8-18(16)20;/h1-29H;5-21H,1-4H3;1-12H;1H. The second-order valence-corrected chi connectivity index (χ2v) is 32.4. The van der Waals surface area contributed by atoms with Gasteiger partial charge in [-0.3, -0.25) is 4.70 Å². The molecule has 5 heterocycles. The SMILES string of the molecule is Brc1ccc(-n2c3ccccc3c3ccccc32)cc1.CC1(C)OB(c2cccc3oc4cc5c(cc4c23)-c2ccccc2C52c3ccccc3-c3ccccc32)OC1(C)C.F.c1ccc2c(c1)-c1ccccc1C21c2ccccc2-c2cc3c(cc21)oc1cccc(-c2ccc(-n4c5ccccc5c5ccccc54)cc2)c13. The van der Waals surface area contributed by atoms with Crippen LogP contribution >= 0.6 is 15.9 Å². The summed E-state index contributed by atoms with van der Waals surface area (Å²) in [6.07, 6.45) is 0. The van der Waals surface area contributed by atoms with Crippen molar-refractivity contribution in [2.24, 2.45) is 0 Å². The molecule has 4 aliphatic carbocycles. The average molecular weight is 1520 g/mol. The summed E-state index contributed by atoms with van der Waals surface area (Å²) < 4.78 is 32.3. The molecule has 0 saturated carbocycles. The van der Waals surface area contributed by atoms with Crippen LogP contribution in [0.25, 0.3) is 154 Å². The Morgan fingerprint density at radius 1 is 0.265 bits per heavy atom. The molecule has 0 amide bonds. The average Bonchev–Trinajstić information content (AvgIpc) is 1.51.